The van der Waals surface area contributed by atoms with Crippen molar-refractivity contribution in [3.63, 3.8) is 0 Å². The van der Waals surface area contributed by atoms with E-state index in [1.165, 1.54) is 0 Å². The van der Waals surface area contributed by atoms with Gasteiger partial charge in [0, 0.05) is 13.1 Å². The molecule has 0 aliphatic heterocycles. The number of nitrogens with zero attached hydrogens (tertiary/aromatic N) is 1. The fourth-order valence-electron chi connectivity index (χ4n) is 2.54. The van der Waals surface area contributed by atoms with Crippen LogP contribution in [0.2, 0.25) is 0 Å². The summed E-state index contributed by atoms with van der Waals surface area (Å²) in [5.41, 5.74) is 2.19. The fraction of sp³-hybridized carbons (Fsp3) is 0.286. The van der Waals surface area contributed by atoms with Crippen molar-refractivity contribution in [2.45, 2.75) is 19.9 Å². The Morgan fingerprint density at radius 2 is 1.88 bits per heavy atom. The quantitative estimate of drug-likeness (QED) is 0.651. The topological polar surface area (TPSA) is 38.8 Å². The van der Waals surface area contributed by atoms with Crippen molar-refractivity contribution in [2.75, 3.05) is 20.3 Å². The van der Waals surface area contributed by atoms with Crippen LogP contribution < -0.4 is 9.47 Å². The zero-order valence-corrected chi connectivity index (χ0v) is 14.9. The van der Waals surface area contributed by atoms with Crippen molar-refractivity contribution in [3.05, 3.63) is 72.3 Å². The van der Waals surface area contributed by atoms with Crippen LogP contribution >= 0.6 is 0 Å². The SMILES string of the molecule is C=CCc1ccc(OCC(=O)N(CC)Cc2ccccc2)c(OC)c1. The largest absolute Gasteiger partial charge is 0.493 e. The van der Waals surface area contributed by atoms with Gasteiger partial charge in [-0.05, 0) is 36.6 Å². The van der Waals surface area contributed by atoms with E-state index in [0.717, 1.165) is 17.5 Å². The Kier molecular flexibility index (Phi) is 7.08. The summed E-state index contributed by atoms with van der Waals surface area (Å²) in [6.07, 6.45) is 2.60. The molecule has 0 unspecified atom stereocenters. The molecule has 0 bridgehead atoms. The smallest absolute Gasteiger partial charge is 0.260 e. The van der Waals surface area contributed by atoms with Gasteiger partial charge >= 0.3 is 0 Å². The third kappa shape index (κ3) is 5.38. The van der Waals surface area contributed by atoms with Crippen LogP contribution in [-0.4, -0.2) is 31.1 Å². The van der Waals surface area contributed by atoms with E-state index in [4.69, 9.17) is 9.47 Å². The molecule has 0 aliphatic carbocycles. The van der Waals surface area contributed by atoms with Crippen molar-refractivity contribution in [1.82, 2.24) is 4.90 Å². The molecule has 2 rings (SSSR count). The van der Waals surface area contributed by atoms with Crippen LogP contribution in [0, 0.1) is 0 Å². The first-order valence-corrected chi connectivity index (χ1v) is 8.40. The Morgan fingerprint density at radius 3 is 2.52 bits per heavy atom. The summed E-state index contributed by atoms with van der Waals surface area (Å²) < 4.78 is 11.1. The lowest BCUT2D eigenvalue weighted by Crippen LogP contribution is -2.34. The number of ether oxygens (including phenoxy) is 2. The Hall–Kier alpha value is -2.75. The van der Waals surface area contributed by atoms with E-state index >= 15 is 0 Å². The van der Waals surface area contributed by atoms with Gasteiger partial charge in [-0.3, -0.25) is 4.79 Å². The van der Waals surface area contributed by atoms with Crippen LogP contribution in [-0.2, 0) is 17.8 Å². The molecular weight excluding hydrogens is 314 g/mol. The zero-order chi connectivity index (χ0) is 18.1. The average Bonchev–Trinajstić information content (AvgIpc) is 2.65. The number of amides is 1. The molecule has 0 aliphatic rings. The molecule has 0 radical (unpaired) electrons. The number of hydrogen-bond donors (Lipinski definition) is 0. The molecule has 0 saturated heterocycles. The predicted octanol–water partition coefficient (Wildman–Crippen LogP) is 3.85. The van der Waals surface area contributed by atoms with Crippen LogP contribution in [0.4, 0.5) is 0 Å². The Balaban J connectivity index is 1.99. The maximum absolute atomic E-state index is 12.5. The second-order valence-electron chi connectivity index (χ2n) is 5.66. The summed E-state index contributed by atoms with van der Waals surface area (Å²) in [5.74, 6) is 1.14. The lowest BCUT2D eigenvalue weighted by molar-refractivity contribution is -0.133. The Morgan fingerprint density at radius 1 is 1.12 bits per heavy atom. The van der Waals surface area contributed by atoms with Crippen LogP contribution in [0.3, 0.4) is 0 Å². The minimum atomic E-state index is -0.0522. The highest BCUT2D eigenvalue weighted by molar-refractivity contribution is 5.77. The van der Waals surface area contributed by atoms with Crippen molar-refractivity contribution < 1.29 is 14.3 Å². The number of allylic oxidation sites excluding steroid dienone is 1. The van der Waals surface area contributed by atoms with Gasteiger partial charge in [-0.15, -0.1) is 6.58 Å². The summed E-state index contributed by atoms with van der Waals surface area (Å²) in [4.78, 5) is 14.2. The third-order valence-corrected chi connectivity index (χ3v) is 3.91. The first-order valence-electron chi connectivity index (χ1n) is 8.40. The van der Waals surface area contributed by atoms with Gasteiger partial charge in [0.25, 0.3) is 5.91 Å². The highest BCUT2D eigenvalue weighted by Gasteiger charge is 2.14. The van der Waals surface area contributed by atoms with Gasteiger partial charge in [-0.25, -0.2) is 0 Å². The van der Waals surface area contributed by atoms with E-state index < -0.39 is 0 Å². The van der Waals surface area contributed by atoms with E-state index in [9.17, 15) is 4.79 Å². The highest BCUT2D eigenvalue weighted by atomic mass is 16.5. The molecule has 25 heavy (non-hydrogen) atoms. The molecule has 0 spiro atoms. The molecule has 0 saturated carbocycles. The van der Waals surface area contributed by atoms with Crippen molar-refractivity contribution in [2.24, 2.45) is 0 Å². The Labute approximate surface area is 149 Å². The van der Waals surface area contributed by atoms with Crippen molar-refractivity contribution in [3.8, 4) is 11.5 Å². The molecular formula is C21H25NO3. The lowest BCUT2D eigenvalue weighted by Gasteiger charge is -2.21. The maximum Gasteiger partial charge on any atom is 0.260 e. The minimum Gasteiger partial charge on any atom is -0.493 e. The summed E-state index contributed by atoms with van der Waals surface area (Å²) in [6.45, 7) is 6.89. The molecule has 0 fully saturated rings. The predicted molar refractivity (Wildman–Crippen MR) is 99.9 cm³/mol. The van der Waals surface area contributed by atoms with E-state index in [1.807, 2.05) is 61.5 Å². The second kappa shape index (κ2) is 9.52. The standard InChI is InChI=1S/C21H25NO3/c1-4-9-17-12-13-19(20(14-17)24-3)25-16-21(23)22(5-2)15-18-10-7-6-8-11-18/h4,6-8,10-14H,1,5,9,15-16H2,2-3H3. The highest BCUT2D eigenvalue weighted by Crippen LogP contribution is 2.28. The van der Waals surface area contributed by atoms with Crippen LogP contribution in [0.25, 0.3) is 0 Å². The van der Waals surface area contributed by atoms with Gasteiger partial charge in [0.2, 0.25) is 0 Å². The molecule has 0 aromatic heterocycles. The van der Waals surface area contributed by atoms with E-state index in [2.05, 4.69) is 6.58 Å². The number of rotatable bonds is 9. The van der Waals surface area contributed by atoms with Crippen LogP contribution in [0.1, 0.15) is 18.1 Å². The third-order valence-electron chi connectivity index (χ3n) is 3.91. The van der Waals surface area contributed by atoms with E-state index in [1.54, 1.807) is 12.0 Å². The van der Waals surface area contributed by atoms with Crippen LogP contribution in [0.5, 0.6) is 11.5 Å². The summed E-state index contributed by atoms with van der Waals surface area (Å²) >= 11 is 0. The summed E-state index contributed by atoms with van der Waals surface area (Å²) in [5, 5.41) is 0. The van der Waals surface area contributed by atoms with Gasteiger partial charge in [-0.2, -0.15) is 0 Å². The van der Waals surface area contributed by atoms with E-state index in [-0.39, 0.29) is 12.5 Å². The number of carbonyl (C=O) groups is 1. The maximum atomic E-state index is 12.5. The average molecular weight is 339 g/mol. The number of carbonyl (C=O) groups excluding carboxylic acids is 1. The summed E-state index contributed by atoms with van der Waals surface area (Å²) in [7, 11) is 1.59. The van der Waals surface area contributed by atoms with Gasteiger partial charge in [0.15, 0.2) is 18.1 Å². The van der Waals surface area contributed by atoms with Crippen molar-refractivity contribution >= 4 is 5.91 Å². The van der Waals surface area contributed by atoms with Crippen molar-refractivity contribution in [1.29, 1.82) is 0 Å². The number of likely N-dealkylation sites (N-methyl/N-ethyl adjacent to an activating group) is 1. The zero-order valence-electron chi connectivity index (χ0n) is 14.9. The minimum absolute atomic E-state index is 0.0160. The molecule has 2 aromatic rings. The normalized spacial score (nSPS) is 10.2. The monoisotopic (exact) mass is 339 g/mol. The van der Waals surface area contributed by atoms with E-state index in [0.29, 0.717) is 24.6 Å². The van der Waals surface area contributed by atoms with Gasteiger partial charge < -0.3 is 14.4 Å². The molecule has 0 heterocycles. The summed E-state index contributed by atoms with van der Waals surface area (Å²) in [6, 6.07) is 15.6. The Bertz CT molecular complexity index is 698. The van der Waals surface area contributed by atoms with Gasteiger partial charge in [0.05, 0.1) is 7.11 Å². The molecule has 132 valence electrons. The molecule has 0 atom stereocenters. The molecule has 1 amide bonds. The van der Waals surface area contributed by atoms with Gasteiger partial charge in [-0.1, -0.05) is 42.5 Å². The first kappa shape index (κ1) is 18.6. The number of benzene rings is 2. The fourth-order valence-corrected chi connectivity index (χ4v) is 2.54. The second-order valence-corrected chi connectivity index (χ2v) is 5.66. The lowest BCUT2D eigenvalue weighted by atomic mass is 10.1. The molecule has 4 heteroatoms. The van der Waals surface area contributed by atoms with Crippen LogP contribution in [0.15, 0.2) is 61.2 Å². The molecule has 4 nitrogen and oxygen atoms in total. The van der Waals surface area contributed by atoms with Gasteiger partial charge in [0.1, 0.15) is 0 Å². The molecule has 2 aromatic carbocycles. The number of hydrogen-bond acceptors (Lipinski definition) is 3. The number of methoxy groups -OCH3 is 1. The first-order chi connectivity index (χ1) is 12.2. The molecule has 0 N–H and O–H groups in total.